The van der Waals surface area contributed by atoms with Gasteiger partial charge in [0.1, 0.15) is 12.3 Å². The molecule has 0 aromatic carbocycles. The fraction of sp³-hybridized carbons (Fsp3) is 0.704. The quantitative estimate of drug-likeness (QED) is 0.114. The molecule has 0 spiro atoms. The Morgan fingerprint density at radius 3 is 1.28 bits per heavy atom. The van der Waals surface area contributed by atoms with E-state index in [-0.39, 0.29) is 75.4 Å². The smallest absolute Gasteiger partial charge is 0.306 e. The van der Waals surface area contributed by atoms with Gasteiger partial charge in [-0.05, 0) is 125 Å². The summed E-state index contributed by atoms with van der Waals surface area (Å²) in [7, 11) is 0. The van der Waals surface area contributed by atoms with Crippen LogP contribution in [0.2, 0.25) is 0 Å². The molecule has 14 nitrogen and oxygen atoms in total. The Kier molecular flexibility index (Phi) is 14.6. The molecular weight excluding hydrogens is 949 g/mol. The highest BCUT2D eigenvalue weighted by molar-refractivity contribution is 6.02. The molecule has 8 aliphatic rings. The average Bonchev–Trinajstić information content (AvgIpc) is 3.75. The van der Waals surface area contributed by atoms with Crippen molar-refractivity contribution in [1.82, 2.24) is 0 Å². The number of hydrogen-bond donors (Lipinski definition) is 2. The third kappa shape index (κ3) is 8.00. The summed E-state index contributed by atoms with van der Waals surface area (Å²) < 4.78 is 87.2. The molecule has 0 heterocycles. The SMILES string of the molecule is CCCC(=O)O[C@]1(C(=O)COC(C)=O)CC[C@H]2[C@@H]3C[C@H](F)C4=CC(=O)C=C[C@]4(C)[C@@]3(F)[C@@H](O)C[C@@]21C.CCCC(=O)O[C@]1(C(=O)COC(C)=O)CC[C@H]2[C@@H]3C[C@H](F)C4=CC(=O)C=C[C@]4(C)[C@@]3(F)[C@@H](O)C[C@@]21C. The second-order valence-electron chi connectivity index (χ2n) is 22.3. The molecule has 0 unspecified atom stereocenters. The number of aliphatic hydroxyl groups is 2. The third-order valence-electron chi connectivity index (χ3n) is 18.7. The van der Waals surface area contributed by atoms with Gasteiger partial charge in [-0.3, -0.25) is 38.4 Å². The van der Waals surface area contributed by atoms with Gasteiger partial charge in [0.15, 0.2) is 47.3 Å². The highest BCUT2D eigenvalue weighted by atomic mass is 19.2. The van der Waals surface area contributed by atoms with Gasteiger partial charge in [0.25, 0.3) is 0 Å². The second-order valence-corrected chi connectivity index (χ2v) is 22.3. The maximum absolute atomic E-state index is 17.2. The Morgan fingerprint density at radius 1 is 0.611 bits per heavy atom. The molecule has 8 rings (SSSR count). The van der Waals surface area contributed by atoms with Crippen LogP contribution in [-0.2, 0) is 57.3 Å². The first-order chi connectivity index (χ1) is 33.5. The summed E-state index contributed by atoms with van der Waals surface area (Å²) >= 11 is 0. The zero-order chi connectivity index (χ0) is 53.4. The van der Waals surface area contributed by atoms with Gasteiger partial charge < -0.3 is 29.2 Å². The minimum atomic E-state index is -2.30. The lowest BCUT2D eigenvalue weighted by Gasteiger charge is -2.63. The highest BCUT2D eigenvalue weighted by Crippen LogP contribution is 2.72. The first-order valence-electron chi connectivity index (χ1n) is 25.2. The largest absolute Gasteiger partial charge is 0.458 e. The van der Waals surface area contributed by atoms with Crippen LogP contribution < -0.4 is 0 Å². The number of ether oxygens (including phenoxy) is 4. The van der Waals surface area contributed by atoms with Crippen LogP contribution in [0.5, 0.6) is 0 Å². The molecule has 6 saturated carbocycles. The number of aliphatic hydroxyl groups excluding tert-OH is 2. The molecule has 8 aliphatic carbocycles. The Bertz CT molecular complexity index is 2270. The van der Waals surface area contributed by atoms with Crippen molar-refractivity contribution in [1.29, 1.82) is 0 Å². The summed E-state index contributed by atoms with van der Waals surface area (Å²) in [6.45, 7) is 11.0. The fourth-order valence-electron chi connectivity index (χ4n) is 15.2. The minimum Gasteiger partial charge on any atom is -0.458 e. The molecule has 0 aromatic rings. The molecule has 16 atom stereocenters. The van der Waals surface area contributed by atoms with E-state index in [1.54, 1.807) is 27.7 Å². The molecule has 6 fully saturated rings. The van der Waals surface area contributed by atoms with E-state index in [0.717, 1.165) is 26.0 Å². The zero-order valence-electron chi connectivity index (χ0n) is 42.3. The van der Waals surface area contributed by atoms with Crippen LogP contribution in [0, 0.1) is 45.3 Å². The number of alkyl halides is 4. The maximum atomic E-state index is 17.2. The number of fused-ring (bicyclic) bond motifs is 10. The molecule has 0 saturated heterocycles. The monoisotopic (exact) mass is 1020 g/mol. The third-order valence-corrected chi connectivity index (χ3v) is 18.7. The number of allylic oxidation sites excluding steroid dienone is 8. The lowest BCUT2D eigenvalue weighted by atomic mass is 9.44. The molecule has 0 bridgehead atoms. The van der Waals surface area contributed by atoms with Crippen molar-refractivity contribution in [2.75, 3.05) is 13.2 Å². The number of halogens is 4. The number of hydrogen-bond acceptors (Lipinski definition) is 14. The number of carbonyl (C=O) groups is 8. The molecule has 2 N–H and O–H groups in total. The molecule has 0 amide bonds. The predicted octanol–water partition coefficient (Wildman–Crippen LogP) is 7.04. The van der Waals surface area contributed by atoms with Gasteiger partial charge in [0, 0.05) is 60.2 Å². The second kappa shape index (κ2) is 19.1. The first kappa shape index (κ1) is 54.9. The topological polar surface area (TPSA) is 214 Å². The molecule has 0 aliphatic heterocycles. The number of rotatable bonds is 12. The normalized spacial score (nSPS) is 43.1. The Morgan fingerprint density at radius 2 is 0.958 bits per heavy atom. The van der Waals surface area contributed by atoms with Crippen LogP contribution in [-0.4, -0.2) is 118 Å². The summed E-state index contributed by atoms with van der Waals surface area (Å²) in [6.07, 6.45) is 1.57. The van der Waals surface area contributed by atoms with E-state index in [0.29, 0.717) is 12.8 Å². The summed E-state index contributed by atoms with van der Waals surface area (Å²) in [5.74, 6) is -7.92. The number of ketones is 4. The average molecular weight is 1020 g/mol. The van der Waals surface area contributed by atoms with Gasteiger partial charge in [0.2, 0.25) is 11.6 Å². The van der Waals surface area contributed by atoms with E-state index in [1.165, 1.54) is 38.2 Å². The Hall–Kier alpha value is -4.84. The summed E-state index contributed by atoms with van der Waals surface area (Å²) in [5, 5.41) is 22.8. The number of carbonyl (C=O) groups excluding carboxylic acids is 8. The van der Waals surface area contributed by atoms with Crippen molar-refractivity contribution >= 4 is 47.0 Å². The van der Waals surface area contributed by atoms with Crippen LogP contribution in [0.3, 0.4) is 0 Å². The van der Waals surface area contributed by atoms with Crippen molar-refractivity contribution in [2.24, 2.45) is 45.3 Å². The van der Waals surface area contributed by atoms with Crippen molar-refractivity contribution in [3.05, 3.63) is 47.6 Å². The van der Waals surface area contributed by atoms with Crippen molar-refractivity contribution in [3.63, 3.8) is 0 Å². The van der Waals surface area contributed by atoms with E-state index in [1.807, 2.05) is 0 Å². The van der Waals surface area contributed by atoms with Crippen LogP contribution in [0.15, 0.2) is 47.6 Å². The molecule has 72 heavy (non-hydrogen) atoms. The Labute approximate surface area is 416 Å². The maximum Gasteiger partial charge on any atom is 0.306 e. The minimum absolute atomic E-state index is 0.0148. The van der Waals surface area contributed by atoms with Crippen molar-refractivity contribution in [2.45, 2.75) is 180 Å². The van der Waals surface area contributed by atoms with E-state index < -0.39 is 153 Å². The molecule has 0 radical (unpaired) electrons. The predicted molar refractivity (Wildman–Crippen MR) is 248 cm³/mol. The molecule has 0 aromatic heterocycles. The van der Waals surface area contributed by atoms with Gasteiger partial charge in [-0.15, -0.1) is 0 Å². The standard InChI is InChI=1S/2C27H34F2O7/c2*1-5-6-23(34)36-26(22(33)14-35-15(2)30)10-8-17-18-12-20(28)19-11-16(31)7-9-24(19,3)27(18,29)21(32)13-25(17,26)4/h2*7,9,11,17-18,20-21,32H,5-6,8,10,12-14H2,1-4H3/t2*17-,18-,20-,21-,24-,25-,26-,27-/m00/s1. The van der Waals surface area contributed by atoms with Gasteiger partial charge in [-0.1, -0.05) is 39.8 Å². The Balaban J connectivity index is 0.000000211. The summed E-state index contributed by atoms with van der Waals surface area (Å²) in [5.41, 5.74) is -13.6. The van der Waals surface area contributed by atoms with Gasteiger partial charge in [0.05, 0.1) is 12.2 Å². The molecule has 396 valence electrons. The van der Waals surface area contributed by atoms with E-state index in [9.17, 15) is 48.6 Å². The lowest BCUT2D eigenvalue weighted by Crippen LogP contribution is -2.70. The highest BCUT2D eigenvalue weighted by Gasteiger charge is 2.78. The van der Waals surface area contributed by atoms with Crippen LogP contribution in [0.4, 0.5) is 17.6 Å². The lowest BCUT2D eigenvalue weighted by molar-refractivity contribution is -0.229. The summed E-state index contributed by atoms with van der Waals surface area (Å²) in [6, 6.07) is 0. The van der Waals surface area contributed by atoms with Crippen LogP contribution in [0.1, 0.15) is 132 Å². The zero-order valence-corrected chi connectivity index (χ0v) is 42.3. The fourth-order valence-corrected chi connectivity index (χ4v) is 15.2. The molecular formula is C54H68F4O14. The van der Waals surface area contributed by atoms with Gasteiger partial charge in [-0.25, -0.2) is 17.6 Å². The van der Waals surface area contributed by atoms with E-state index in [4.69, 9.17) is 18.9 Å². The van der Waals surface area contributed by atoms with Gasteiger partial charge in [-0.2, -0.15) is 0 Å². The molecule has 18 heteroatoms. The van der Waals surface area contributed by atoms with Crippen molar-refractivity contribution < 1.29 is 85.1 Å². The van der Waals surface area contributed by atoms with Crippen molar-refractivity contribution in [3.8, 4) is 0 Å². The van der Waals surface area contributed by atoms with Gasteiger partial charge >= 0.3 is 23.9 Å². The van der Waals surface area contributed by atoms with Crippen LogP contribution in [0.25, 0.3) is 0 Å². The van der Waals surface area contributed by atoms with Crippen LogP contribution >= 0.6 is 0 Å². The first-order valence-corrected chi connectivity index (χ1v) is 25.2. The van der Waals surface area contributed by atoms with E-state index in [2.05, 4.69) is 0 Å². The number of esters is 4. The van der Waals surface area contributed by atoms with E-state index >= 15 is 17.6 Å². The number of Topliss-reactive ketones (excluding diaryl/α,β-unsaturated/α-hetero) is 2. The summed E-state index contributed by atoms with van der Waals surface area (Å²) in [4.78, 5) is 99.2.